The molecule has 2 heterocycles. The van der Waals surface area contributed by atoms with Crippen LogP contribution in [0.5, 0.6) is 0 Å². The molecule has 0 saturated heterocycles. The average molecular weight is 977 g/mol. The third-order valence-electron chi connectivity index (χ3n) is 17.5. The maximum atomic E-state index is 2.60. The molecule has 0 spiro atoms. The Hall–Kier alpha value is -9.76. The highest BCUT2D eigenvalue weighted by Crippen LogP contribution is 2.54. The largest absolute Gasteiger partial charge is 0.308 e. The second kappa shape index (κ2) is 15.6. The molecule has 1 aliphatic rings. The molecule has 0 amide bonds. The van der Waals surface area contributed by atoms with Crippen molar-refractivity contribution in [2.75, 3.05) is 0 Å². The van der Waals surface area contributed by atoms with Crippen molar-refractivity contribution >= 4 is 86.4 Å². The highest BCUT2D eigenvalue weighted by Gasteiger charge is 2.37. The Balaban J connectivity index is 0.930. The first-order valence-corrected chi connectivity index (χ1v) is 27.0. The van der Waals surface area contributed by atoms with Gasteiger partial charge in [-0.25, -0.2) is 0 Å². The SMILES string of the molecule is CC1(C)c2cc(-n3c(-c4ccccc4)c(-c4ccccc4)c4cc5ccc6cccc7ccc(c5c67)c43)ccc2-c2ccc(-n3c(-c4ccccc4)c(-c4ccccc4)c4cc5ccc6cccc7ccc(c5c67)c43)cc21. The first-order chi connectivity index (χ1) is 38.0. The van der Waals surface area contributed by atoms with Crippen LogP contribution in [-0.4, -0.2) is 9.13 Å². The van der Waals surface area contributed by atoms with Crippen molar-refractivity contribution in [1.29, 1.82) is 0 Å². The summed E-state index contributed by atoms with van der Waals surface area (Å²) in [4.78, 5) is 0. The minimum atomic E-state index is -0.342. The van der Waals surface area contributed by atoms with Gasteiger partial charge >= 0.3 is 0 Å². The molecule has 77 heavy (non-hydrogen) atoms. The van der Waals surface area contributed by atoms with E-state index in [-0.39, 0.29) is 5.41 Å². The number of aromatic nitrogens is 2. The van der Waals surface area contributed by atoms with Crippen LogP contribution in [0.15, 0.2) is 255 Å². The summed E-state index contributed by atoms with van der Waals surface area (Å²) in [5.41, 5.74) is 19.4. The van der Waals surface area contributed by atoms with Crippen molar-refractivity contribution in [3.63, 3.8) is 0 Å². The Kier molecular flexibility index (Phi) is 8.65. The lowest BCUT2D eigenvalue weighted by Gasteiger charge is -2.24. The van der Waals surface area contributed by atoms with E-state index < -0.39 is 0 Å². The predicted molar refractivity (Wildman–Crippen MR) is 327 cm³/mol. The van der Waals surface area contributed by atoms with E-state index in [9.17, 15) is 0 Å². The number of nitrogens with zero attached hydrogens (tertiary/aromatic N) is 2. The van der Waals surface area contributed by atoms with E-state index in [2.05, 4.69) is 278 Å². The van der Waals surface area contributed by atoms with Gasteiger partial charge in [-0.2, -0.15) is 0 Å². The van der Waals surface area contributed by atoms with Gasteiger partial charge in [-0.15, -0.1) is 0 Å². The van der Waals surface area contributed by atoms with E-state index in [1.165, 1.54) is 153 Å². The summed E-state index contributed by atoms with van der Waals surface area (Å²) in [6.07, 6.45) is 0. The molecule has 17 rings (SSSR count). The van der Waals surface area contributed by atoms with Gasteiger partial charge in [0.2, 0.25) is 0 Å². The van der Waals surface area contributed by atoms with E-state index in [4.69, 9.17) is 0 Å². The van der Waals surface area contributed by atoms with Gasteiger partial charge in [0.05, 0.1) is 22.4 Å². The molecule has 0 bridgehead atoms. The molecule has 14 aromatic carbocycles. The van der Waals surface area contributed by atoms with Crippen LogP contribution in [0.1, 0.15) is 25.0 Å². The van der Waals surface area contributed by atoms with Gasteiger partial charge in [0, 0.05) is 49.5 Å². The molecule has 0 unspecified atom stereocenters. The predicted octanol–water partition coefficient (Wildman–Crippen LogP) is 20.3. The second-order valence-corrected chi connectivity index (χ2v) is 21.9. The first kappa shape index (κ1) is 42.6. The molecule has 0 saturated carbocycles. The Labute approximate surface area is 445 Å². The molecule has 2 heteroatoms. The lowest BCUT2D eigenvalue weighted by Crippen LogP contribution is -2.16. The summed E-state index contributed by atoms with van der Waals surface area (Å²) < 4.78 is 5.21. The Morgan fingerprint density at radius 3 is 1.01 bits per heavy atom. The normalized spacial score (nSPS) is 13.2. The summed E-state index contributed by atoms with van der Waals surface area (Å²) in [7, 11) is 0. The fourth-order valence-electron chi connectivity index (χ4n) is 14.2. The van der Waals surface area contributed by atoms with Gasteiger partial charge < -0.3 is 9.13 Å². The van der Waals surface area contributed by atoms with Crippen molar-refractivity contribution < 1.29 is 0 Å². The van der Waals surface area contributed by atoms with Crippen molar-refractivity contribution in [2.45, 2.75) is 19.3 Å². The molecule has 0 fully saturated rings. The molecule has 0 radical (unpaired) electrons. The zero-order valence-corrected chi connectivity index (χ0v) is 42.6. The van der Waals surface area contributed by atoms with Crippen LogP contribution < -0.4 is 0 Å². The smallest absolute Gasteiger partial charge is 0.0620 e. The number of hydrogen-bond donors (Lipinski definition) is 0. The monoisotopic (exact) mass is 976 g/mol. The fraction of sp³-hybridized carbons (Fsp3) is 0.0400. The molecule has 0 aliphatic heterocycles. The summed E-state index contributed by atoms with van der Waals surface area (Å²) >= 11 is 0. The summed E-state index contributed by atoms with van der Waals surface area (Å²) in [6.45, 7) is 4.88. The molecule has 1 aliphatic carbocycles. The van der Waals surface area contributed by atoms with E-state index in [0.717, 1.165) is 11.4 Å². The van der Waals surface area contributed by atoms with E-state index in [0.29, 0.717) is 0 Å². The lowest BCUT2D eigenvalue weighted by molar-refractivity contribution is 0.659. The van der Waals surface area contributed by atoms with Gasteiger partial charge in [0.1, 0.15) is 0 Å². The molecule has 358 valence electrons. The van der Waals surface area contributed by atoms with Gasteiger partial charge in [0.15, 0.2) is 0 Å². The van der Waals surface area contributed by atoms with Crippen molar-refractivity contribution in [2.24, 2.45) is 0 Å². The van der Waals surface area contributed by atoms with Crippen LogP contribution in [0.4, 0.5) is 0 Å². The number of hydrogen-bond acceptors (Lipinski definition) is 0. The van der Waals surface area contributed by atoms with Crippen molar-refractivity contribution in [3.8, 4) is 67.3 Å². The molecular weight excluding hydrogens is 929 g/mol. The highest BCUT2D eigenvalue weighted by molar-refractivity contribution is 6.32. The third-order valence-corrected chi connectivity index (χ3v) is 17.5. The van der Waals surface area contributed by atoms with Gasteiger partial charge in [-0.1, -0.05) is 232 Å². The standard InChI is InChI=1S/C75H48N2/c1-75(2)63-43-55(76-71(51-21-11-5-12-22-51)69(45-17-7-3-8-18-45)61-41-53-31-29-47-25-15-27-49-33-37-59(73(61)76)67(53)65(47)49)35-39-57(63)58-40-36-56(44-64(58)75)77-72(52-23-13-6-14-24-52)70(46-19-9-4-10-20-46)62-42-54-32-30-48-26-16-28-50-34-38-60(74(62)77)68(54)66(48)50/h3-44H,1-2H3. The van der Waals surface area contributed by atoms with Crippen LogP contribution in [-0.2, 0) is 5.41 Å². The molecule has 0 atom stereocenters. The van der Waals surface area contributed by atoms with E-state index in [1.54, 1.807) is 0 Å². The molecule has 16 aromatic rings. The Bertz CT molecular complexity index is 4730. The third kappa shape index (κ3) is 5.85. The maximum Gasteiger partial charge on any atom is 0.0620 e. The van der Waals surface area contributed by atoms with E-state index in [1.807, 2.05) is 0 Å². The molecule has 2 aromatic heterocycles. The molecule has 2 nitrogen and oxygen atoms in total. The van der Waals surface area contributed by atoms with Crippen LogP contribution in [0.25, 0.3) is 154 Å². The second-order valence-electron chi connectivity index (χ2n) is 21.9. The molecule has 0 N–H and O–H groups in total. The van der Waals surface area contributed by atoms with Crippen LogP contribution >= 0.6 is 0 Å². The van der Waals surface area contributed by atoms with Gasteiger partial charge in [0.25, 0.3) is 0 Å². The minimum Gasteiger partial charge on any atom is -0.308 e. The lowest BCUT2D eigenvalue weighted by atomic mass is 9.82. The number of rotatable bonds is 6. The summed E-state index contributed by atoms with van der Waals surface area (Å²) in [6, 6.07) is 95.9. The summed E-state index contributed by atoms with van der Waals surface area (Å²) in [5.74, 6) is 0. The number of benzene rings is 14. The Morgan fingerprint density at radius 1 is 0.273 bits per heavy atom. The molecular formula is C75H48N2. The first-order valence-electron chi connectivity index (χ1n) is 27.0. The van der Waals surface area contributed by atoms with Crippen molar-refractivity contribution in [1.82, 2.24) is 9.13 Å². The highest BCUT2D eigenvalue weighted by atomic mass is 15.0. The summed E-state index contributed by atoms with van der Waals surface area (Å²) in [5, 5.41) is 17.9. The van der Waals surface area contributed by atoms with Crippen LogP contribution in [0, 0.1) is 0 Å². The number of fused-ring (bicyclic) bond motifs is 7. The zero-order chi connectivity index (χ0) is 50.7. The van der Waals surface area contributed by atoms with Crippen molar-refractivity contribution in [3.05, 3.63) is 266 Å². The minimum absolute atomic E-state index is 0.342. The van der Waals surface area contributed by atoms with Gasteiger partial charge in [-0.3, -0.25) is 0 Å². The topological polar surface area (TPSA) is 9.86 Å². The van der Waals surface area contributed by atoms with E-state index >= 15 is 0 Å². The zero-order valence-electron chi connectivity index (χ0n) is 42.6. The average Bonchev–Trinajstić information content (AvgIpc) is 4.33. The van der Waals surface area contributed by atoms with Crippen LogP contribution in [0.3, 0.4) is 0 Å². The Morgan fingerprint density at radius 2 is 0.623 bits per heavy atom. The fourth-order valence-corrected chi connectivity index (χ4v) is 14.2. The quantitative estimate of drug-likeness (QED) is 0.147. The van der Waals surface area contributed by atoms with Gasteiger partial charge in [-0.05, 0) is 135 Å². The van der Waals surface area contributed by atoms with Crippen LogP contribution in [0.2, 0.25) is 0 Å². The maximum absolute atomic E-state index is 2.60.